The van der Waals surface area contributed by atoms with E-state index in [-0.39, 0.29) is 12.1 Å². The van der Waals surface area contributed by atoms with Gasteiger partial charge in [-0.05, 0) is 57.4 Å². The molecule has 0 unspecified atom stereocenters. The van der Waals surface area contributed by atoms with Gasteiger partial charge >= 0.3 is 6.09 Å². The molecule has 3 aromatic rings. The summed E-state index contributed by atoms with van der Waals surface area (Å²) in [6.07, 6.45) is 5.83. The zero-order valence-electron chi connectivity index (χ0n) is 17.9. The third kappa shape index (κ3) is 4.40. The Kier molecular flexibility index (Phi) is 5.37. The number of aromatic nitrogens is 3. The van der Waals surface area contributed by atoms with Crippen LogP contribution in [-0.4, -0.2) is 50.7 Å². The Labute approximate surface area is 176 Å². The van der Waals surface area contributed by atoms with Crippen molar-refractivity contribution >= 4 is 17.1 Å². The molecule has 1 amide bonds. The Morgan fingerprint density at radius 3 is 2.90 bits per heavy atom. The number of nitrogens with one attached hydrogen (secondary N) is 1. The second-order valence-electron chi connectivity index (χ2n) is 8.93. The Morgan fingerprint density at radius 2 is 2.13 bits per heavy atom. The average Bonchev–Trinajstić information content (AvgIpc) is 3.28. The number of carbonyl (C=O) groups excluding carboxylic acids is 1. The van der Waals surface area contributed by atoms with E-state index in [1.165, 1.54) is 0 Å². The van der Waals surface area contributed by atoms with Crippen molar-refractivity contribution in [3.63, 3.8) is 0 Å². The highest BCUT2D eigenvalue weighted by Crippen LogP contribution is 2.32. The van der Waals surface area contributed by atoms with Crippen LogP contribution < -0.4 is 4.74 Å². The number of hydrogen-bond donors (Lipinski definition) is 1. The van der Waals surface area contributed by atoms with E-state index in [1.54, 1.807) is 23.5 Å². The molecule has 0 aliphatic carbocycles. The number of amides is 1. The molecule has 1 fully saturated rings. The molecule has 1 saturated heterocycles. The Balaban J connectivity index is 1.51. The van der Waals surface area contributed by atoms with Gasteiger partial charge in [0.25, 0.3) is 0 Å². The Hall–Kier alpha value is -3.09. The van der Waals surface area contributed by atoms with Crippen molar-refractivity contribution in [2.24, 2.45) is 5.92 Å². The van der Waals surface area contributed by atoms with Crippen molar-refractivity contribution in [2.75, 3.05) is 13.2 Å². The summed E-state index contributed by atoms with van der Waals surface area (Å²) in [7, 11) is 0. The van der Waals surface area contributed by atoms with E-state index < -0.39 is 5.60 Å². The van der Waals surface area contributed by atoms with E-state index in [1.807, 2.05) is 45.0 Å². The second kappa shape index (κ2) is 7.97. The minimum Gasteiger partial charge on any atom is -0.489 e. The number of pyridine rings is 2. The molecular weight excluding hydrogens is 380 g/mol. The second-order valence-corrected chi connectivity index (χ2v) is 8.93. The van der Waals surface area contributed by atoms with Gasteiger partial charge in [0.1, 0.15) is 18.0 Å². The molecule has 30 heavy (non-hydrogen) atoms. The van der Waals surface area contributed by atoms with Gasteiger partial charge < -0.3 is 19.4 Å². The summed E-state index contributed by atoms with van der Waals surface area (Å²) in [5.41, 5.74) is 3.18. The van der Waals surface area contributed by atoms with E-state index in [9.17, 15) is 4.79 Å². The molecule has 1 N–H and O–H groups in total. The molecule has 7 nitrogen and oxygen atoms in total. The molecule has 7 heteroatoms. The van der Waals surface area contributed by atoms with Crippen LogP contribution in [0.2, 0.25) is 0 Å². The zero-order chi connectivity index (χ0) is 21.3. The number of carbonyl (C=O) groups is 1. The van der Waals surface area contributed by atoms with Crippen LogP contribution in [0.4, 0.5) is 4.79 Å². The summed E-state index contributed by atoms with van der Waals surface area (Å²) in [6, 6.07) is 7.78. The number of H-pyrrole nitrogens is 1. The fraction of sp³-hybridized carbons (Fsp3) is 0.435. The van der Waals surface area contributed by atoms with Crippen LogP contribution in [0.15, 0.2) is 42.9 Å². The van der Waals surface area contributed by atoms with Crippen molar-refractivity contribution in [3.05, 3.63) is 42.9 Å². The number of likely N-dealkylation sites (tertiary alicyclic amines) is 1. The highest BCUT2D eigenvalue weighted by Gasteiger charge is 2.36. The van der Waals surface area contributed by atoms with E-state index in [0.717, 1.165) is 28.7 Å². The third-order valence-electron chi connectivity index (χ3n) is 5.15. The molecule has 1 aliphatic rings. The molecule has 0 bridgehead atoms. The lowest BCUT2D eigenvalue weighted by Gasteiger charge is -2.28. The van der Waals surface area contributed by atoms with Crippen LogP contribution in [-0.2, 0) is 4.74 Å². The fourth-order valence-electron chi connectivity index (χ4n) is 3.86. The first-order valence-electron chi connectivity index (χ1n) is 10.3. The summed E-state index contributed by atoms with van der Waals surface area (Å²) in [5, 5.41) is 0. The highest BCUT2D eigenvalue weighted by atomic mass is 16.6. The normalized spacial score (nSPS) is 19.3. The molecular formula is C23H28N4O3. The van der Waals surface area contributed by atoms with Crippen molar-refractivity contribution in [2.45, 2.75) is 45.8 Å². The number of fused-ring (bicyclic) bond motifs is 1. The van der Waals surface area contributed by atoms with Crippen molar-refractivity contribution < 1.29 is 14.3 Å². The number of rotatable bonds is 4. The molecule has 4 rings (SSSR count). The van der Waals surface area contributed by atoms with E-state index in [4.69, 9.17) is 9.47 Å². The van der Waals surface area contributed by atoms with Crippen LogP contribution in [0, 0.1) is 5.92 Å². The van der Waals surface area contributed by atoms with Crippen LogP contribution >= 0.6 is 0 Å². The molecule has 2 atom stereocenters. The molecule has 0 saturated carbocycles. The van der Waals surface area contributed by atoms with E-state index in [0.29, 0.717) is 24.8 Å². The quantitative estimate of drug-likeness (QED) is 0.680. The SMILES string of the molecule is C[C@H]1C[C@@H](COc2cnccc2-c2cc3ncccc3[nH]2)N(C(=O)OC(C)(C)C)C1. The molecule has 4 heterocycles. The number of aromatic amines is 1. The smallest absolute Gasteiger partial charge is 0.410 e. The van der Waals surface area contributed by atoms with E-state index in [2.05, 4.69) is 21.9 Å². The first-order chi connectivity index (χ1) is 14.3. The molecule has 3 aromatic heterocycles. The Morgan fingerprint density at radius 1 is 1.30 bits per heavy atom. The summed E-state index contributed by atoms with van der Waals surface area (Å²) >= 11 is 0. The third-order valence-corrected chi connectivity index (χ3v) is 5.15. The standard InChI is InChI=1S/C23H28N4O3/c1-15-10-16(27(13-15)22(28)30-23(2,3)4)14-29-21-12-24-9-7-17(21)19-11-20-18(26-19)6-5-8-25-20/h5-9,11-12,15-16,26H,10,13-14H2,1-4H3/t15-,16-/m0/s1. The maximum atomic E-state index is 12.6. The van der Waals surface area contributed by atoms with Gasteiger partial charge in [-0.3, -0.25) is 9.97 Å². The molecule has 1 aliphatic heterocycles. The number of ether oxygens (including phenoxy) is 2. The minimum atomic E-state index is -0.519. The van der Waals surface area contributed by atoms with Crippen LogP contribution in [0.5, 0.6) is 5.75 Å². The highest BCUT2D eigenvalue weighted by molar-refractivity contribution is 5.83. The summed E-state index contributed by atoms with van der Waals surface area (Å²) in [6.45, 7) is 8.86. The maximum absolute atomic E-state index is 12.6. The van der Waals surface area contributed by atoms with Gasteiger partial charge in [-0.15, -0.1) is 0 Å². The number of nitrogens with zero attached hydrogens (tertiary/aromatic N) is 3. The molecule has 0 spiro atoms. The van der Waals surface area contributed by atoms with Crippen molar-refractivity contribution in [3.8, 4) is 17.0 Å². The van der Waals surface area contributed by atoms with Gasteiger partial charge in [-0.2, -0.15) is 0 Å². The predicted octanol–water partition coefficient (Wildman–Crippen LogP) is 4.65. The van der Waals surface area contributed by atoms with E-state index >= 15 is 0 Å². The zero-order valence-corrected chi connectivity index (χ0v) is 17.9. The molecule has 158 valence electrons. The van der Waals surface area contributed by atoms with Gasteiger partial charge in [-0.1, -0.05) is 6.92 Å². The van der Waals surface area contributed by atoms with Crippen molar-refractivity contribution in [1.29, 1.82) is 0 Å². The monoisotopic (exact) mass is 408 g/mol. The minimum absolute atomic E-state index is 0.0349. The molecule has 0 radical (unpaired) electrons. The lowest BCUT2D eigenvalue weighted by Crippen LogP contribution is -2.42. The van der Waals surface area contributed by atoms with Crippen LogP contribution in [0.1, 0.15) is 34.1 Å². The summed E-state index contributed by atoms with van der Waals surface area (Å²) in [4.78, 5) is 26.4. The predicted molar refractivity (Wildman–Crippen MR) is 115 cm³/mol. The largest absolute Gasteiger partial charge is 0.489 e. The average molecular weight is 409 g/mol. The topological polar surface area (TPSA) is 80.3 Å². The fourth-order valence-corrected chi connectivity index (χ4v) is 3.86. The van der Waals surface area contributed by atoms with Crippen molar-refractivity contribution in [1.82, 2.24) is 19.9 Å². The van der Waals surface area contributed by atoms with Gasteiger partial charge in [0, 0.05) is 24.5 Å². The van der Waals surface area contributed by atoms with Crippen LogP contribution in [0.25, 0.3) is 22.3 Å². The van der Waals surface area contributed by atoms with Crippen LogP contribution in [0.3, 0.4) is 0 Å². The summed E-state index contributed by atoms with van der Waals surface area (Å²) < 4.78 is 11.8. The van der Waals surface area contributed by atoms with Gasteiger partial charge in [-0.25, -0.2) is 4.79 Å². The number of hydrogen-bond acceptors (Lipinski definition) is 5. The maximum Gasteiger partial charge on any atom is 0.410 e. The lowest BCUT2D eigenvalue weighted by atomic mass is 10.1. The van der Waals surface area contributed by atoms with Gasteiger partial charge in [0.15, 0.2) is 0 Å². The van der Waals surface area contributed by atoms with Gasteiger partial charge in [0.2, 0.25) is 0 Å². The lowest BCUT2D eigenvalue weighted by molar-refractivity contribution is 0.0184. The first-order valence-corrected chi connectivity index (χ1v) is 10.3. The summed E-state index contributed by atoms with van der Waals surface area (Å²) in [5.74, 6) is 1.08. The van der Waals surface area contributed by atoms with Gasteiger partial charge in [0.05, 0.1) is 29.0 Å². The first kappa shape index (κ1) is 20.2. The molecule has 0 aromatic carbocycles. The Bertz CT molecular complexity index is 1010.